The zero-order valence-corrected chi connectivity index (χ0v) is 39.6. The van der Waals surface area contributed by atoms with Gasteiger partial charge in [0.2, 0.25) is 5.79 Å². The molecule has 3 heterocycles. The first-order chi connectivity index (χ1) is 30.2. The number of rotatable bonds is 5. The number of hydrogen-bond acceptors (Lipinski definition) is 12. The van der Waals surface area contributed by atoms with E-state index in [1.807, 2.05) is 51.2 Å². The van der Waals surface area contributed by atoms with E-state index in [0.29, 0.717) is 56.9 Å². The molecule has 0 aromatic rings. The van der Waals surface area contributed by atoms with Gasteiger partial charge in [-0.25, -0.2) is 9.18 Å². The van der Waals surface area contributed by atoms with Crippen molar-refractivity contribution in [3.05, 3.63) is 47.6 Å². The van der Waals surface area contributed by atoms with Crippen LogP contribution in [0.15, 0.2) is 47.6 Å². The minimum atomic E-state index is -2.45. The van der Waals surface area contributed by atoms with E-state index in [9.17, 15) is 43.7 Å². The quantitative estimate of drug-likeness (QED) is 0.155. The number of aliphatic hydroxyl groups excluding tert-OH is 2. The molecule has 4 rings (SSSR count). The number of fused-ring (bicyclic) bond motifs is 3. The lowest BCUT2D eigenvalue weighted by molar-refractivity contribution is -0.265. The highest BCUT2D eigenvalue weighted by Gasteiger charge is 2.53. The lowest BCUT2D eigenvalue weighted by Gasteiger charge is -2.42. The van der Waals surface area contributed by atoms with E-state index in [4.69, 9.17) is 18.9 Å². The molecule has 4 aliphatic rings. The summed E-state index contributed by atoms with van der Waals surface area (Å²) in [6.45, 7) is 12.5. The SMILES string of the molecule is CO[C@H]1C[C@@H]2CC[C@@H](C)[C@@](O)(O2)C(=O)C(=O)N2CCCC[C@H]2C(=O)O[C@H]([C@H](C)C[C@@H]2CC[C@@H](O)[C@H](F)C2)CC(=O)[C@H](C)/C=C(\C)[C@@H](O)[C@@H](OC)C(=O)[C@H](C)C[C@H](C)/C=C/C=CC=C1C. The van der Waals surface area contributed by atoms with Crippen LogP contribution in [-0.2, 0) is 42.9 Å². The number of ketones is 3. The number of piperidine rings is 1. The van der Waals surface area contributed by atoms with Crippen molar-refractivity contribution < 1.29 is 62.6 Å². The average Bonchev–Trinajstić information content (AvgIpc) is 3.26. The molecule has 0 unspecified atom stereocenters. The Hall–Kier alpha value is -3.40. The van der Waals surface area contributed by atoms with Gasteiger partial charge in [0.25, 0.3) is 11.7 Å². The van der Waals surface area contributed by atoms with E-state index in [1.165, 1.54) is 7.11 Å². The number of alkyl halides is 1. The fraction of sp³-hybridized carbons (Fsp3) is 0.740. The van der Waals surface area contributed by atoms with Crippen molar-refractivity contribution in [2.24, 2.45) is 35.5 Å². The zero-order chi connectivity index (χ0) is 47.5. The minimum absolute atomic E-state index is 0.00727. The fourth-order valence-electron chi connectivity index (χ4n) is 9.85. The normalized spacial score (nSPS) is 39.5. The number of halogens is 1. The first kappa shape index (κ1) is 53.2. The van der Waals surface area contributed by atoms with Gasteiger partial charge in [-0.2, -0.15) is 0 Å². The number of methoxy groups -OCH3 is 2. The summed E-state index contributed by atoms with van der Waals surface area (Å²) in [5, 5.41) is 33.3. The topological polar surface area (TPSA) is 186 Å². The number of carbonyl (C=O) groups is 5. The Bertz CT molecular complexity index is 1740. The predicted octanol–water partition coefficient (Wildman–Crippen LogP) is 6.50. The van der Waals surface area contributed by atoms with Crippen molar-refractivity contribution in [1.82, 2.24) is 4.90 Å². The fourth-order valence-corrected chi connectivity index (χ4v) is 9.85. The summed E-state index contributed by atoms with van der Waals surface area (Å²) in [4.78, 5) is 71.4. The van der Waals surface area contributed by atoms with Gasteiger partial charge in [-0.1, -0.05) is 71.1 Å². The molecule has 15 atom stereocenters. The highest BCUT2D eigenvalue weighted by molar-refractivity contribution is 6.39. The maximum absolute atomic E-state index is 14.7. The van der Waals surface area contributed by atoms with Crippen LogP contribution in [0.5, 0.6) is 0 Å². The maximum atomic E-state index is 14.7. The molecule has 0 aromatic carbocycles. The predicted molar refractivity (Wildman–Crippen MR) is 239 cm³/mol. The summed E-state index contributed by atoms with van der Waals surface area (Å²) >= 11 is 0. The van der Waals surface area contributed by atoms with Gasteiger partial charge in [-0.3, -0.25) is 19.2 Å². The van der Waals surface area contributed by atoms with Gasteiger partial charge in [0.15, 0.2) is 5.78 Å². The summed E-state index contributed by atoms with van der Waals surface area (Å²) in [6, 6.07) is -1.18. The molecule has 14 heteroatoms. The van der Waals surface area contributed by atoms with Crippen molar-refractivity contribution in [3.8, 4) is 0 Å². The van der Waals surface area contributed by atoms with Crippen LogP contribution in [0.1, 0.15) is 126 Å². The van der Waals surface area contributed by atoms with Crippen LogP contribution in [0, 0.1) is 35.5 Å². The third-order valence-electron chi connectivity index (χ3n) is 14.2. The molecular formula is C50H76FNO12. The van der Waals surface area contributed by atoms with Crippen molar-refractivity contribution in [3.63, 3.8) is 0 Å². The van der Waals surface area contributed by atoms with Crippen molar-refractivity contribution >= 4 is 29.2 Å². The standard InChI is InChI=1S/C50H76FNO12/c1-29-15-11-10-12-16-30(2)42(61-8)27-37-20-18-35(7)50(60,64-37)47(57)48(58)52-22-14-13-17-39(52)49(59)63-43(32(4)25-36-19-21-40(53)38(51)26-36)28-41(54)31(3)24-34(6)45(56)46(62-9)44(55)33(5)23-29/h10-12,15-16,24,29,31-33,35-40,42-43,45-46,53,56,60H,13-14,17-23,25-28H2,1-9H3/b12-10?,15-11+,30-16?,34-24+/t29-,31-,32-,33-,35-,36+,37+,38-,39+,40-,42+,43+,45-,46+,50-/m1/s1. The monoisotopic (exact) mass is 902 g/mol. The minimum Gasteiger partial charge on any atom is -0.460 e. The number of cyclic esters (lactones) is 1. The molecule has 2 saturated heterocycles. The highest BCUT2D eigenvalue weighted by atomic mass is 19.1. The largest absolute Gasteiger partial charge is 0.460 e. The van der Waals surface area contributed by atoms with Gasteiger partial charge >= 0.3 is 5.97 Å². The number of Topliss-reactive ketones (excluding diaryl/α,β-unsaturated/α-hetero) is 3. The third kappa shape index (κ3) is 13.8. The van der Waals surface area contributed by atoms with Crippen molar-refractivity contribution in [2.45, 2.75) is 180 Å². The van der Waals surface area contributed by atoms with Gasteiger partial charge < -0.3 is 39.2 Å². The molecule has 3 aliphatic heterocycles. The van der Waals surface area contributed by atoms with Crippen LogP contribution in [0.25, 0.3) is 0 Å². The molecule has 3 N–H and O–H groups in total. The second-order valence-electron chi connectivity index (χ2n) is 19.3. The van der Waals surface area contributed by atoms with E-state index >= 15 is 0 Å². The molecular weight excluding hydrogens is 826 g/mol. The number of ether oxygens (including phenoxy) is 4. The van der Waals surface area contributed by atoms with Crippen LogP contribution in [0.4, 0.5) is 4.39 Å². The van der Waals surface area contributed by atoms with E-state index in [0.717, 1.165) is 10.5 Å². The Morgan fingerprint density at radius 3 is 2.28 bits per heavy atom. The Balaban J connectivity index is 1.70. The van der Waals surface area contributed by atoms with E-state index in [-0.39, 0.29) is 55.6 Å². The molecule has 2 bridgehead atoms. The smallest absolute Gasteiger partial charge is 0.329 e. The second-order valence-corrected chi connectivity index (χ2v) is 19.3. The molecule has 0 radical (unpaired) electrons. The number of carbonyl (C=O) groups excluding carboxylic acids is 5. The Labute approximate surface area is 379 Å². The van der Waals surface area contributed by atoms with Crippen LogP contribution >= 0.6 is 0 Å². The molecule has 1 aliphatic carbocycles. The molecule has 3 fully saturated rings. The first-order valence-electron chi connectivity index (χ1n) is 23.5. The first-order valence-corrected chi connectivity index (χ1v) is 23.5. The summed E-state index contributed by atoms with van der Waals surface area (Å²) in [7, 11) is 2.93. The maximum Gasteiger partial charge on any atom is 0.329 e. The van der Waals surface area contributed by atoms with Gasteiger partial charge in [-0.05, 0) is 107 Å². The zero-order valence-electron chi connectivity index (χ0n) is 39.6. The number of amides is 1. The third-order valence-corrected chi connectivity index (χ3v) is 14.2. The summed E-state index contributed by atoms with van der Waals surface area (Å²) < 4.78 is 38.3. The van der Waals surface area contributed by atoms with Gasteiger partial charge in [0, 0.05) is 51.4 Å². The van der Waals surface area contributed by atoms with Crippen molar-refractivity contribution in [2.75, 3.05) is 20.8 Å². The molecule has 0 aromatic heterocycles. The number of hydrogen-bond donors (Lipinski definition) is 3. The number of aliphatic hydroxyl groups is 3. The van der Waals surface area contributed by atoms with E-state index in [2.05, 4.69) is 0 Å². The number of allylic oxidation sites excluding steroid dienone is 6. The van der Waals surface area contributed by atoms with Gasteiger partial charge in [-0.15, -0.1) is 0 Å². The van der Waals surface area contributed by atoms with Crippen molar-refractivity contribution in [1.29, 1.82) is 0 Å². The summed E-state index contributed by atoms with van der Waals surface area (Å²) in [5.74, 6) is -8.61. The Morgan fingerprint density at radius 1 is 0.891 bits per heavy atom. The van der Waals surface area contributed by atoms with E-state index < -0.39 is 96.0 Å². The van der Waals surface area contributed by atoms with Crippen LogP contribution in [0.2, 0.25) is 0 Å². The Morgan fingerprint density at radius 2 is 1.61 bits per heavy atom. The molecule has 64 heavy (non-hydrogen) atoms. The lowest BCUT2D eigenvalue weighted by Crippen LogP contribution is -2.61. The van der Waals surface area contributed by atoms with Crippen LogP contribution in [-0.4, -0.2) is 125 Å². The highest BCUT2D eigenvalue weighted by Crippen LogP contribution is 2.38. The molecule has 1 amide bonds. The van der Waals surface area contributed by atoms with Gasteiger partial charge in [0.05, 0.1) is 18.3 Å². The number of nitrogens with zero attached hydrogens (tertiary/aromatic N) is 1. The lowest BCUT2D eigenvalue weighted by atomic mass is 9.79. The van der Waals surface area contributed by atoms with Crippen LogP contribution in [0.3, 0.4) is 0 Å². The van der Waals surface area contributed by atoms with E-state index in [1.54, 1.807) is 40.9 Å². The number of esters is 1. The summed E-state index contributed by atoms with van der Waals surface area (Å²) in [5.41, 5.74) is 1.23. The molecule has 13 nitrogen and oxygen atoms in total. The molecule has 1 saturated carbocycles. The average molecular weight is 902 g/mol. The Kier molecular flexibility index (Phi) is 20.3. The van der Waals surface area contributed by atoms with Crippen LogP contribution < -0.4 is 0 Å². The summed E-state index contributed by atoms with van der Waals surface area (Å²) in [6.07, 6.45) is 8.16. The second kappa shape index (κ2) is 24.4. The molecule has 0 spiro atoms. The van der Waals surface area contributed by atoms with Gasteiger partial charge in [0.1, 0.15) is 36.3 Å². The molecule has 360 valence electrons.